The average Bonchev–Trinajstić information content (AvgIpc) is 3.10. The molecule has 1 aliphatic rings. The third-order valence-corrected chi connectivity index (χ3v) is 5.63. The number of rotatable bonds is 7. The minimum atomic E-state index is -0.248. The van der Waals surface area contributed by atoms with E-state index in [1.54, 1.807) is 0 Å². The Morgan fingerprint density at radius 1 is 1.26 bits per heavy atom. The molecule has 1 amide bonds. The number of carbonyl (C=O) groups is 1. The fraction of sp³-hybridized carbons (Fsp3) is 0.526. The first kappa shape index (κ1) is 19.7. The fourth-order valence-corrected chi connectivity index (χ4v) is 3.83. The van der Waals surface area contributed by atoms with Crippen LogP contribution in [0.3, 0.4) is 0 Å². The van der Waals surface area contributed by atoms with Gasteiger partial charge in [0.05, 0.1) is 18.5 Å². The highest BCUT2D eigenvalue weighted by atomic mass is 32.2. The van der Waals surface area contributed by atoms with Gasteiger partial charge in [-0.1, -0.05) is 41.6 Å². The molecule has 146 valence electrons. The van der Waals surface area contributed by atoms with E-state index in [9.17, 15) is 4.79 Å². The van der Waals surface area contributed by atoms with Crippen molar-refractivity contribution >= 4 is 23.6 Å². The van der Waals surface area contributed by atoms with E-state index in [0.717, 1.165) is 36.3 Å². The Morgan fingerprint density at radius 2 is 1.96 bits per heavy atom. The zero-order valence-corrected chi connectivity index (χ0v) is 17.0. The summed E-state index contributed by atoms with van der Waals surface area (Å²) in [6.07, 6.45) is 0. The highest BCUT2D eigenvalue weighted by Gasteiger charge is 2.23. The lowest BCUT2D eigenvalue weighted by atomic mass is 10.1. The average molecular weight is 390 g/mol. The summed E-state index contributed by atoms with van der Waals surface area (Å²) < 4.78 is 7.48. The van der Waals surface area contributed by atoms with Crippen LogP contribution in [0.25, 0.3) is 0 Å². The first-order valence-corrected chi connectivity index (χ1v) is 10.2. The maximum Gasteiger partial charge on any atom is 0.233 e. The first-order chi connectivity index (χ1) is 13.1. The van der Waals surface area contributed by atoms with Gasteiger partial charge in [-0.25, -0.2) is 0 Å². The zero-order chi connectivity index (χ0) is 19.2. The molecule has 8 heteroatoms. The Kier molecular flexibility index (Phi) is 6.73. The molecule has 0 unspecified atom stereocenters. The molecule has 1 saturated heterocycles. The van der Waals surface area contributed by atoms with Crippen LogP contribution in [0.5, 0.6) is 0 Å². The van der Waals surface area contributed by atoms with Crippen molar-refractivity contribution in [2.24, 2.45) is 0 Å². The van der Waals surface area contributed by atoms with Gasteiger partial charge < -0.3 is 15.0 Å². The topological polar surface area (TPSA) is 72.3 Å². The molecule has 1 atom stereocenters. The molecule has 7 nitrogen and oxygen atoms in total. The Bertz CT molecular complexity index is 756. The highest BCUT2D eigenvalue weighted by molar-refractivity contribution is 8.00. The van der Waals surface area contributed by atoms with Gasteiger partial charge in [0, 0.05) is 26.2 Å². The van der Waals surface area contributed by atoms with Crippen molar-refractivity contribution in [3.05, 3.63) is 35.4 Å². The van der Waals surface area contributed by atoms with Crippen LogP contribution in [0, 0.1) is 6.92 Å². The molecular formula is C19H27N5O2S. The summed E-state index contributed by atoms with van der Waals surface area (Å²) in [6.45, 7) is 10.4. The third kappa shape index (κ3) is 5.01. The van der Waals surface area contributed by atoms with Gasteiger partial charge in [0.25, 0.3) is 0 Å². The van der Waals surface area contributed by atoms with Crippen molar-refractivity contribution < 1.29 is 9.53 Å². The Labute approximate surface area is 164 Å². The molecule has 1 aliphatic heterocycles. The summed E-state index contributed by atoms with van der Waals surface area (Å²) in [5, 5.41) is 12.2. The summed E-state index contributed by atoms with van der Waals surface area (Å²) in [6, 6.07) is 8.18. The molecule has 0 bridgehead atoms. The molecule has 0 aliphatic carbocycles. The number of amides is 1. The quantitative estimate of drug-likeness (QED) is 0.732. The van der Waals surface area contributed by atoms with Gasteiger partial charge in [-0.3, -0.25) is 9.36 Å². The lowest BCUT2D eigenvalue weighted by molar-refractivity contribution is -0.120. The summed E-state index contributed by atoms with van der Waals surface area (Å²) >= 11 is 1.44. The summed E-state index contributed by atoms with van der Waals surface area (Å²) in [5.41, 5.74) is 2.31. The Hall–Kier alpha value is -2.06. The predicted molar refractivity (Wildman–Crippen MR) is 107 cm³/mol. The van der Waals surface area contributed by atoms with Crippen molar-refractivity contribution in [3.63, 3.8) is 0 Å². The second-order valence-electron chi connectivity index (χ2n) is 6.59. The van der Waals surface area contributed by atoms with Crippen molar-refractivity contribution in [1.29, 1.82) is 0 Å². The van der Waals surface area contributed by atoms with Gasteiger partial charge in [-0.15, -0.1) is 10.2 Å². The number of carbonyl (C=O) groups excluding carboxylic acids is 1. The van der Waals surface area contributed by atoms with E-state index in [2.05, 4.69) is 51.0 Å². The minimum Gasteiger partial charge on any atom is -0.378 e. The summed E-state index contributed by atoms with van der Waals surface area (Å²) in [4.78, 5) is 14.7. The van der Waals surface area contributed by atoms with Crippen molar-refractivity contribution in [2.45, 2.75) is 44.3 Å². The summed E-state index contributed by atoms with van der Waals surface area (Å²) in [5.74, 6) is 0.856. The number of hydrogen-bond donors (Lipinski definition) is 1. The SMILES string of the molecule is CCn1c(S[C@@H](C)C(=O)NCc2ccc(C)cc2)nnc1N1CCOCC1. The van der Waals surface area contributed by atoms with Crippen LogP contribution in [0.15, 0.2) is 29.4 Å². The molecule has 27 heavy (non-hydrogen) atoms. The molecule has 1 N–H and O–H groups in total. The van der Waals surface area contributed by atoms with Gasteiger partial charge in [0.1, 0.15) is 0 Å². The van der Waals surface area contributed by atoms with Crippen LogP contribution in [-0.2, 0) is 22.6 Å². The van der Waals surface area contributed by atoms with Crippen molar-refractivity contribution in [2.75, 3.05) is 31.2 Å². The number of nitrogens with one attached hydrogen (secondary N) is 1. The molecule has 2 aromatic rings. The minimum absolute atomic E-state index is 0.000787. The number of ether oxygens (including phenoxy) is 1. The van der Waals surface area contributed by atoms with E-state index in [0.29, 0.717) is 19.8 Å². The lowest BCUT2D eigenvalue weighted by Crippen LogP contribution is -2.38. The zero-order valence-electron chi connectivity index (χ0n) is 16.1. The lowest BCUT2D eigenvalue weighted by Gasteiger charge is -2.27. The summed E-state index contributed by atoms with van der Waals surface area (Å²) in [7, 11) is 0. The molecule has 1 fully saturated rings. The molecule has 0 saturated carbocycles. The monoisotopic (exact) mass is 389 g/mol. The predicted octanol–water partition coefficient (Wildman–Crippen LogP) is 2.24. The largest absolute Gasteiger partial charge is 0.378 e. The van der Waals surface area contributed by atoms with E-state index in [1.165, 1.54) is 17.3 Å². The van der Waals surface area contributed by atoms with E-state index in [1.807, 2.05) is 19.1 Å². The van der Waals surface area contributed by atoms with Crippen LogP contribution in [0.4, 0.5) is 5.95 Å². The molecule has 2 heterocycles. The third-order valence-electron chi connectivity index (χ3n) is 4.55. The maximum atomic E-state index is 12.5. The van der Waals surface area contributed by atoms with E-state index >= 15 is 0 Å². The van der Waals surface area contributed by atoms with E-state index < -0.39 is 0 Å². The standard InChI is InChI=1S/C19H27N5O2S/c1-4-24-18(23-9-11-26-12-10-23)21-22-19(24)27-15(3)17(25)20-13-16-7-5-14(2)6-8-16/h5-8,15H,4,9-13H2,1-3H3,(H,20,25)/t15-/m0/s1. The van der Waals surface area contributed by atoms with Crippen LogP contribution in [0.2, 0.25) is 0 Å². The number of hydrogen-bond acceptors (Lipinski definition) is 6. The second-order valence-corrected chi connectivity index (χ2v) is 7.90. The van der Waals surface area contributed by atoms with Gasteiger partial charge in [-0.2, -0.15) is 0 Å². The van der Waals surface area contributed by atoms with Crippen LogP contribution >= 0.6 is 11.8 Å². The van der Waals surface area contributed by atoms with Gasteiger partial charge in [0.2, 0.25) is 11.9 Å². The molecule has 1 aromatic carbocycles. The Balaban J connectivity index is 1.59. The molecule has 3 rings (SSSR count). The number of nitrogens with zero attached hydrogens (tertiary/aromatic N) is 4. The van der Waals surface area contributed by atoms with Crippen LogP contribution in [-0.4, -0.2) is 52.2 Å². The highest BCUT2D eigenvalue weighted by Crippen LogP contribution is 2.26. The fourth-order valence-electron chi connectivity index (χ4n) is 2.89. The normalized spacial score (nSPS) is 15.6. The van der Waals surface area contributed by atoms with Crippen LogP contribution in [0.1, 0.15) is 25.0 Å². The van der Waals surface area contributed by atoms with E-state index in [4.69, 9.17) is 4.74 Å². The van der Waals surface area contributed by atoms with E-state index in [-0.39, 0.29) is 11.2 Å². The first-order valence-electron chi connectivity index (χ1n) is 9.34. The number of thioether (sulfide) groups is 1. The maximum absolute atomic E-state index is 12.5. The molecule has 1 aromatic heterocycles. The van der Waals surface area contributed by atoms with Crippen LogP contribution < -0.4 is 10.2 Å². The number of benzene rings is 1. The number of morpholine rings is 1. The Morgan fingerprint density at radius 3 is 2.63 bits per heavy atom. The molecule has 0 spiro atoms. The molecular weight excluding hydrogens is 362 g/mol. The molecule has 0 radical (unpaired) electrons. The number of aromatic nitrogens is 3. The second kappa shape index (κ2) is 9.23. The van der Waals surface area contributed by atoms with Crippen molar-refractivity contribution in [3.8, 4) is 0 Å². The van der Waals surface area contributed by atoms with Gasteiger partial charge in [-0.05, 0) is 26.3 Å². The number of anilines is 1. The smallest absolute Gasteiger partial charge is 0.233 e. The number of aryl methyl sites for hydroxylation is 1. The van der Waals surface area contributed by atoms with Gasteiger partial charge in [0.15, 0.2) is 5.16 Å². The van der Waals surface area contributed by atoms with Gasteiger partial charge >= 0.3 is 0 Å². The van der Waals surface area contributed by atoms with Crippen molar-refractivity contribution in [1.82, 2.24) is 20.1 Å².